The van der Waals surface area contributed by atoms with Gasteiger partial charge in [0.25, 0.3) is 5.56 Å². The van der Waals surface area contributed by atoms with Gasteiger partial charge in [0.2, 0.25) is 0 Å². The van der Waals surface area contributed by atoms with E-state index < -0.39 is 0 Å². The van der Waals surface area contributed by atoms with Crippen LogP contribution in [0, 0.1) is 0 Å². The molecule has 1 heterocycles. The Morgan fingerprint density at radius 3 is 3.00 bits per heavy atom. The summed E-state index contributed by atoms with van der Waals surface area (Å²) in [7, 11) is 0. The van der Waals surface area contributed by atoms with Crippen LogP contribution in [0.3, 0.4) is 0 Å². The lowest BCUT2D eigenvalue weighted by atomic mass is 10.1. The van der Waals surface area contributed by atoms with Crippen molar-refractivity contribution in [2.45, 2.75) is 19.4 Å². The van der Waals surface area contributed by atoms with Gasteiger partial charge in [0.15, 0.2) is 0 Å². The second-order valence-electron chi connectivity index (χ2n) is 4.09. The van der Waals surface area contributed by atoms with Crippen LogP contribution in [-0.4, -0.2) is 9.55 Å². The number of rotatable bonds is 4. The Labute approximate surface area is 114 Å². The molecule has 1 aromatic carbocycles. The van der Waals surface area contributed by atoms with Crippen LogP contribution >= 0.6 is 15.9 Å². The van der Waals surface area contributed by atoms with E-state index in [0.717, 1.165) is 18.5 Å². The van der Waals surface area contributed by atoms with Gasteiger partial charge in [0.05, 0.1) is 6.33 Å². The number of nitrogens with zero attached hydrogens (tertiary/aromatic N) is 2. The molecule has 0 saturated heterocycles. The highest BCUT2D eigenvalue weighted by atomic mass is 79.9. The van der Waals surface area contributed by atoms with Gasteiger partial charge in [-0.2, -0.15) is 0 Å². The predicted molar refractivity (Wildman–Crippen MR) is 75.4 cm³/mol. The quantitative estimate of drug-likeness (QED) is 0.881. The average Bonchev–Trinajstić information content (AvgIpc) is 2.35. The summed E-state index contributed by atoms with van der Waals surface area (Å²) in [6.07, 6.45) is 4.84. The van der Waals surface area contributed by atoms with Crippen molar-refractivity contribution in [2.24, 2.45) is 0 Å². The van der Waals surface area contributed by atoms with Gasteiger partial charge in [-0.1, -0.05) is 12.1 Å². The summed E-state index contributed by atoms with van der Waals surface area (Å²) in [5, 5.41) is 0. The van der Waals surface area contributed by atoms with Crippen LogP contribution in [0.5, 0.6) is 0 Å². The molecule has 5 heteroatoms. The topological polar surface area (TPSA) is 60.9 Å². The van der Waals surface area contributed by atoms with Gasteiger partial charge in [0, 0.05) is 18.4 Å². The Bertz CT molecular complexity index is 595. The van der Waals surface area contributed by atoms with Crippen molar-refractivity contribution in [3.05, 3.63) is 57.2 Å². The zero-order valence-electron chi connectivity index (χ0n) is 9.84. The zero-order chi connectivity index (χ0) is 13.0. The first-order valence-electron chi connectivity index (χ1n) is 5.71. The lowest BCUT2D eigenvalue weighted by molar-refractivity contribution is 0.609. The molecule has 2 N–H and O–H groups in total. The van der Waals surface area contributed by atoms with E-state index >= 15 is 0 Å². The summed E-state index contributed by atoms with van der Waals surface area (Å²) >= 11 is 3.18. The van der Waals surface area contributed by atoms with Gasteiger partial charge in [-0.25, -0.2) is 4.98 Å². The minimum Gasteiger partial charge on any atom is -0.399 e. The Balaban J connectivity index is 1.97. The van der Waals surface area contributed by atoms with Gasteiger partial charge in [-0.15, -0.1) is 0 Å². The third kappa shape index (κ3) is 3.20. The molecule has 0 aliphatic carbocycles. The van der Waals surface area contributed by atoms with E-state index in [2.05, 4.69) is 20.9 Å². The van der Waals surface area contributed by atoms with Crippen molar-refractivity contribution < 1.29 is 0 Å². The maximum absolute atomic E-state index is 11.7. The van der Waals surface area contributed by atoms with Crippen LogP contribution < -0.4 is 11.3 Å². The van der Waals surface area contributed by atoms with Crippen molar-refractivity contribution in [3.8, 4) is 0 Å². The highest BCUT2D eigenvalue weighted by Gasteiger charge is 2.01. The Hall–Kier alpha value is -1.62. The number of aromatic nitrogens is 2. The molecule has 0 fully saturated rings. The van der Waals surface area contributed by atoms with Gasteiger partial charge in [-0.3, -0.25) is 9.36 Å². The number of nitrogens with two attached hydrogens (primary N) is 1. The van der Waals surface area contributed by atoms with E-state index in [1.165, 1.54) is 11.8 Å². The average molecular weight is 308 g/mol. The molecule has 0 radical (unpaired) electrons. The molecule has 4 nitrogen and oxygen atoms in total. The highest BCUT2D eigenvalue weighted by molar-refractivity contribution is 9.10. The lowest BCUT2D eigenvalue weighted by Gasteiger charge is -2.05. The summed E-state index contributed by atoms with van der Waals surface area (Å²) in [6.45, 7) is 0.653. The second kappa shape index (κ2) is 5.82. The molecule has 2 rings (SSSR count). The smallest absolute Gasteiger partial charge is 0.267 e. The fourth-order valence-corrected chi connectivity index (χ4v) is 2.13. The molecule has 2 aromatic rings. The molecule has 0 atom stereocenters. The Morgan fingerprint density at radius 2 is 2.22 bits per heavy atom. The third-order valence-corrected chi connectivity index (χ3v) is 3.22. The summed E-state index contributed by atoms with van der Waals surface area (Å²) < 4.78 is 2.10. The minimum atomic E-state index is -0.0439. The maximum atomic E-state index is 11.7. The molecule has 0 saturated carbocycles. The first-order chi connectivity index (χ1) is 8.66. The van der Waals surface area contributed by atoms with Crippen molar-refractivity contribution >= 4 is 21.6 Å². The van der Waals surface area contributed by atoms with Gasteiger partial charge in [-0.05, 0) is 46.5 Å². The van der Waals surface area contributed by atoms with E-state index in [4.69, 9.17) is 5.73 Å². The van der Waals surface area contributed by atoms with E-state index in [9.17, 15) is 4.79 Å². The van der Waals surface area contributed by atoms with Crippen LogP contribution in [0.25, 0.3) is 0 Å². The number of hydrogen-bond acceptors (Lipinski definition) is 3. The summed E-state index contributed by atoms with van der Waals surface area (Å²) in [5.74, 6) is 0. The van der Waals surface area contributed by atoms with Crippen LogP contribution in [0.2, 0.25) is 0 Å². The first kappa shape index (κ1) is 12.8. The van der Waals surface area contributed by atoms with Gasteiger partial charge >= 0.3 is 0 Å². The fraction of sp³-hybridized carbons (Fsp3) is 0.231. The molecule has 0 aliphatic rings. The number of hydrogen-bond donors (Lipinski definition) is 1. The number of aryl methyl sites for hydroxylation is 2. The van der Waals surface area contributed by atoms with Crippen molar-refractivity contribution in [3.63, 3.8) is 0 Å². The van der Waals surface area contributed by atoms with E-state index in [0.29, 0.717) is 11.0 Å². The first-order valence-corrected chi connectivity index (χ1v) is 6.50. The van der Waals surface area contributed by atoms with Crippen LogP contribution in [0.15, 0.2) is 46.1 Å². The van der Waals surface area contributed by atoms with Crippen molar-refractivity contribution in [1.82, 2.24) is 9.55 Å². The third-order valence-electron chi connectivity index (χ3n) is 2.67. The minimum absolute atomic E-state index is 0.0439. The monoisotopic (exact) mass is 307 g/mol. The van der Waals surface area contributed by atoms with Crippen molar-refractivity contribution in [2.75, 3.05) is 5.73 Å². The maximum Gasteiger partial charge on any atom is 0.267 e. The predicted octanol–water partition coefficient (Wildman–Crippen LogP) is 2.22. The van der Waals surface area contributed by atoms with E-state index in [-0.39, 0.29) is 5.56 Å². The summed E-state index contributed by atoms with van der Waals surface area (Å²) in [5.41, 5.74) is 7.63. The molecule has 0 bridgehead atoms. The normalized spacial score (nSPS) is 10.5. The van der Waals surface area contributed by atoms with Crippen LogP contribution in [0.4, 0.5) is 5.69 Å². The molecular formula is C13H14BrN3O. The SMILES string of the molecule is Nc1cccc(CCCn2cncc(Br)c2=O)c1. The molecule has 0 aliphatic heterocycles. The zero-order valence-corrected chi connectivity index (χ0v) is 11.4. The summed E-state index contributed by atoms with van der Waals surface area (Å²) in [4.78, 5) is 15.7. The summed E-state index contributed by atoms with van der Waals surface area (Å²) in [6, 6.07) is 7.81. The molecule has 1 aromatic heterocycles. The number of halogens is 1. The molecule has 18 heavy (non-hydrogen) atoms. The Morgan fingerprint density at radius 1 is 1.39 bits per heavy atom. The van der Waals surface area contributed by atoms with Gasteiger partial charge in [0.1, 0.15) is 4.47 Å². The fourth-order valence-electron chi connectivity index (χ4n) is 1.79. The Kier molecular flexibility index (Phi) is 4.15. The van der Waals surface area contributed by atoms with E-state index in [1.807, 2.05) is 24.3 Å². The largest absolute Gasteiger partial charge is 0.399 e. The van der Waals surface area contributed by atoms with Gasteiger partial charge < -0.3 is 5.73 Å². The van der Waals surface area contributed by atoms with E-state index in [1.54, 1.807) is 10.9 Å². The number of nitrogen functional groups attached to an aromatic ring is 1. The molecule has 0 unspecified atom stereocenters. The standard InChI is InChI=1S/C13H14BrN3O/c14-12-8-16-9-17(13(12)18)6-2-4-10-3-1-5-11(15)7-10/h1,3,5,7-9H,2,4,6,15H2. The molecule has 94 valence electrons. The molecular weight excluding hydrogens is 294 g/mol. The second-order valence-corrected chi connectivity index (χ2v) is 4.94. The number of benzene rings is 1. The van der Waals surface area contributed by atoms with Crippen molar-refractivity contribution in [1.29, 1.82) is 0 Å². The lowest BCUT2D eigenvalue weighted by Crippen LogP contribution is -2.20. The molecule has 0 spiro atoms. The van der Waals surface area contributed by atoms with Crippen LogP contribution in [0.1, 0.15) is 12.0 Å². The molecule has 0 amide bonds. The number of anilines is 1. The van der Waals surface area contributed by atoms with Crippen LogP contribution in [-0.2, 0) is 13.0 Å². The highest BCUT2D eigenvalue weighted by Crippen LogP contribution is 2.09.